The van der Waals surface area contributed by atoms with Crippen molar-refractivity contribution in [3.8, 4) is 0 Å². The first-order valence-electron chi connectivity index (χ1n) is 6.03. The van der Waals surface area contributed by atoms with Crippen molar-refractivity contribution in [2.24, 2.45) is 0 Å². The van der Waals surface area contributed by atoms with Gasteiger partial charge in [-0.05, 0) is 47.2 Å². The molecule has 0 saturated heterocycles. The number of furan rings is 1. The van der Waals surface area contributed by atoms with Gasteiger partial charge in [-0.2, -0.15) is 0 Å². The van der Waals surface area contributed by atoms with Gasteiger partial charge in [-0.3, -0.25) is 0 Å². The van der Waals surface area contributed by atoms with Crippen LogP contribution < -0.4 is 5.32 Å². The Morgan fingerprint density at radius 2 is 2.05 bits per heavy atom. The average molecular weight is 321 g/mol. The summed E-state index contributed by atoms with van der Waals surface area (Å²) in [6, 6.07) is 11.6. The fraction of sp³-hybridized carbons (Fsp3) is 0.214. The van der Waals surface area contributed by atoms with Crippen molar-refractivity contribution in [1.29, 1.82) is 0 Å². The second-order valence-electron chi connectivity index (χ2n) is 4.26. The van der Waals surface area contributed by atoms with Crippen LogP contribution in [0.25, 0.3) is 11.1 Å². The van der Waals surface area contributed by atoms with E-state index < -0.39 is 0 Å². The van der Waals surface area contributed by atoms with Crippen LogP contribution >= 0.6 is 15.9 Å². The summed E-state index contributed by atoms with van der Waals surface area (Å²) in [5.41, 5.74) is 1.70. The third-order valence-electron chi connectivity index (χ3n) is 3.00. The Balaban J connectivity index is 1.86. The molecule has 5 heteroatoms. The highest BCUT2D eigenvalue weighted by Crippen LogP contribution is 2.24. The molecule has 19 heavy (non-hydrogen) atoms. The van der Waals surface area contributed by atoms with E-state index in [1.807, 2.05) is 43.4 Å². The zero-order valence-electron chi connectivity index (χ0n) is 10.4. The lowest BCUT2D eigenvalue weighted by Gasteiger charge is -2.10. The number of rotatable bonds is 4. The molecular weight excluding hydrogens is 308 g/mol. The summed E-state index contributed by atoms with van der Waals surface area (Å²) in [4.78, 5) is 4.47. The zero-order chi connectivity index (χ0) is 13.2. The molecule has 0 amide bonds. The monoisotopic (exact) mass is 320 g/mol. The maximum absolute atomic E-state index is 5.72. The molecule has 98 valence electrons. The van der Waals surface area contributed by atoms with E-state index in [0.717, 1.165) is 21.5 Å². The quantitative estimate of drug-likeness (QED) is 0.796. The number of nitrogens with zero attached hydrogens (tertiary/aromatic N) is 1. The smallest absolute Gasteiger partial charge is 0.197 e. The van der Waals surface area contributed by atoms with Crippen LogP contribution in [-0.4, -0.2) is 12.0 Å². The highest BCUT2D eigenvalue weighted by molar-refractivity contribution is 9.10. The summed E-state index contributed by atoms with van der Waals surface area (Å²) in [5.74, 6) is 1.56. The molecule has 1 unspecified atom stereocenters. The van der Waals surface area contributed by atoms with Crippen LogP contribution in [0, 0.1) is 0 Å². The van der Waals surface area contributed by atoms with Crippen molar-refractivity contribution in [1.82, 2.24) is 10.3 Å². The first-order chi connectivity index (χ1) is 9.26. The molecule has 0 fully saturated rings. The maximum Gasteiger partial charge on any atom is 0.197 e. The van der Waals surface area contributed by atoms with Crippen molar-refractivity contribution in [3.05, 3.63) is 52.7 Å². The van der Waals surface area contributed by atoms with Gasteiger partial charge >= 0.3 is 0 Å². The number of hydrogen-bond donors (Lipinski definition) is 1. The fourth-order valence-corrected chi connectivity index (χ4v) is 2.36. The summed E-state index contributed by atoms with van der Waals surface area (Å²) in [6.45, 7) is 0. The lowest BCUT2D eigenvalue weighted by Crippen LogP contribution is -2.18. The van der Waals surface area contributed by atoms with E-state index in [0.29, 0.717) is 12.3 Å². The van der Waals surface area contributed by atoms with Gasteiger partial charge in [0.15, 0.2) is 16.1 Å². The Morgan fingerprint density at radius 1 is 1.21 bits per heavy atom. The number of likely N-dealkylation sites (N-methyl/N-ethyl adjacent to an activating group) is 1. The molecule has 0 aliphatic heterocycles. The largest absolute Gasteiger partial charge is 0.453 e. The Morgan fingerprint density at radius 3 is 2.74 bits per heavy atom. The van der Waals surface area contributed by atoms with Crippen LogP contribution in [0.5, 0.6) is 0 Å². The molecule has 0 saturated carbocycles. The normalized spacial score (nSPS) is 12.9. The zero-order valence-corrected chi connectivity index (χ0v) is 12.0. The predicted octanol–water partition coefficient (Wildman–Crippen LogP) is 3.69. The number of hydrogen-bond acceptors (Lipinski definition) is 4. The van der Waals surface area contributed by atoms with Crippen molar-refractivity contribution in [2.75, 3.05) is 7.05 Å². The van der Waals surface area contributed by atoms with Crippen molar-refractivity contribution in [2.45, 2.75) is 12.5 Å². The third-order valence-corrected chi connectivity index (χ3v) is 3.43. The minimum Gasteiger partial charge on any atom is -0.453 e. The standard InChI is InChI=1S/C14H13BrN2O2/c1-16-10(12-6-7-13(15)18-12)8-14-17-9-4-2-3-5-11(9)19-14/h2-7,10,16H,8H2,1H3. The van der Waals surface area contributed by atoms with E-state index in [1.54, 1.807) is 0 Å². The van der Waals surface area contributed by atoms with E-state index in [4.69, 9.17) is 8.83 Å². The van der Waals surface area contributed by atoms with E-state index >= 15 is 0 Å². The van der Waals surface area contributed by atoms with Crippen LogP contribution in [-0.2, 0) is 6.42 Å². The van der Waals surface area contributed by atoms with Crippen LogP contribution in [0.1, 0.15) is 17.7 Å². The molecule has 0 spiro atoms. The number of halogens is 1. The van der Waals surface area contributed by atoms with Gasteiger partial charge < -0.3 is 14.2 Å². The lowest BCUT2D eigenvalue weighted by molar-refractivity contribution is 0.392. The highest BCUT2D eigenvalue weighted by Gasteiger charge is 2.17. The van der Waals surface area contributed by atoms with Gasteiger partial charge in [-0.1, -0.05) is 12.1 Å². The van der Waals surface area contributed by atoms with E-state index in [-0.39, 0.29) is 6.04 Å². The van der Waals surface area contributed by atoms with Crippen LogP contribution in [0.2, 0.25) is 0 Å². The van der Waals surface area contributed by atoms with Crippen LogP contribution in [0.3, 0.4) is 0 Å². The summed E-state index contributed by atoms with van der Waals surface area (Å²) < 4.78 is 12.0. The minimum absolute atomic E-state index is 0.0411. The van der Waals surface area contributed by atoms with Gasteiger partial charge in [0.2, 0.25) is 0 Å². The van der Waals surface area contributed by atoms with Crippen LogP contribution in [0.15, 0.2) is 49.9 Å². The van der Waals surface area contributed by atoms with Gasteiger partial charge in [0.1, 0.15) is 11.3 Å². The summed E-state index contributed by atoms with van der Waals surface area (Å²) in [6.07, 6.45) is 0.644. The number of oxazole rings is 1. The Bertz CT molecular complexity index is 656. The molecule has 2 aromatic heterocycles. The van der Waals surface area contributed by atoms with Crippen LogP contribution in [0.4, 0.5) is 0 Å². The number of benzene rings is 1. The summed E-state index contributed by atoms with van der Waals surface area (Å²) >= 11 is 3.31. The predicted molar refractivity (Wildman–Crippen MR) is 75.9 cm³/mol. The Kier molecular flexibility index (Phi) is 3.40. The number of para-hydroxylation sites is 2. The molecule has 1 atom stereocenters. The lowest BCUT2D eigenvalue weighted by atomic mass is 10.1. The van der Waals surface area contributed by atoms with E-state index in [1.165, 1.54) is 0 Å². The first kappa shape index (κ1) is 12.4. The molecule has 2 heterocycles. The molecule has 0 aliphatic rings. The maximum atomic E-state index is 5.72. The number of aromatic nitrogens is 1. The molecule has 3 rings (SSSR count). The molecule has 0 bridgehead atoms. The van der Waals surface area contributed by atoms with Crippen molar-refractivity contribution >= 4 is 27.0 Å². The van der Waals surface area contributed by atoms with Gasteiger partial charge in [0, 0.05) is 6.42 Å². The fourth-order valence-electron chi connectivity index (χ4n) is 2.04. The third kappa shape index (κ3) is 2.57. The molecule has 3 aromatic rings. The minimum atomic E-state index is 0.0411. The molecule has 1 N–H and O–H groups in total. The average Bonchev–Trinajstić information content (AvgIpc) is 3.01. The van der Waals surface area contributed by atoms with Crippen molar-refractivity contribution in [3.63, 3.8) is 0 Å². The molecule has 0 aliphatic carbocycles. The summed E-state index contributed by atoms with van der Waals surface area (Å²) in [7, 11) is 1.89. The second-order valence-corrected chi connectivity index (χ2v) is 5.04. The number of nitrogens with one attached hydrogen (secondary N) is 1. The second kappa shape index (κ2) is 5.19. The topological polar surface area (TPSA) is 51.2 Å². The van der Waals surface area contributed by atoms with E-state index in [2.05, 4.69) is 26.2 Å². The molecule has 0 radical (unpaired) electrons. The van der Waals surface area contributed by atoms with Crippen molar-refractivity contribution < 1.29 is 8.83 Å². The van der Waals surface area contributed by atoms with Gasteiger partial charge in [0.05, 0.1) is 6.04 Å². The van der Waals surface area contributed by atoms with Gasteiger partial charge in [-0.15, -0.1) is 0 Å². The van der Waals surface area contributed by atoms with Gasteiger partial charge in [-0.25, -0.2) is 4.98 Å². The SMILES string of the molecule is CNC(Cc1nc2ccccc2o1)c1ccc(Br)o1. The Hall–Kier alpha value is -1.59. The molecule has 1 aromatic carbocycles. The summed E-state index contributed by atoms with van der Waals surface area (Å²) in [5, 5.41) is 3.21. The molecular formula is C14H13BrN2O2. The van der Waals surface area contributed by atoms with E-state index in [9.17, 15) is 0 Å². The number of fused-ring (bicyclic) bond motifs is 1. The molecule has 4 nitrogen and oxygen atoms in total. The Labute approximate surface area is 118 Å². The first-order valence-corrected chi connectivity index (χ1v) is 6.82. The highest BCUT2D eigenvalue weighted by atomic mass is 79.9. The van der Waals surface area contributed by atoms with Gasteiger partial charge in [0.25, 0.3) is 0 Å².